The van der Waals surface area contributed by atoms with E-state index in [1.54, 1.807) is 0 Å². The van der Waals surface area contributed by atoms with Gasteiger partial charge in [0.1, 0.15) is 5.75 Å². The number of ether oxygens (including phenoxy) is 1. The average molecular weight is 281 g/mol. The second-order valence-electron chi connectivity index (χ2n) is 5.88. The number of hydrogen-bond acceptors (Lipinski definition) is 2. The van der Waals surface area contributed by atoms with Crippen LogP contribution in [0, 0.1) is 6.92 Å². The van der Waals surface area contributed by atoms with Crippen molar-refractivity contribution in [3.63, 3.8) is 0 Å². The Morgan fingerprint density at radius 1 is 1.14 bits per heavy atom. The summed E-state index contributed by atoms with van der Waals surface area (Å²) in [6.45, 7) is 6.18. The molecule has 2 aromatic carbocycles. The molecule has 0 unspecified atom stereocenters. The van der Waals surface area contributed by atoms with Crippen molar-refractivity contribution in [3.8, 4) is 5.75 Å². The molecule has 1 aliphatic heterocycles. The van der Waals surface area contributed by atoms with Crippen molar-refractivity contribution in [2.45, 2.75) is 32.7 Å². The average Bonchev–Trinajstić information content (AvgIpc) is 2.95. The predicted octanol–water partition coefficient (Wildman–Crippen LogP) is 3.82. The molecule has 21 heavy (non-hydrogen) atoms. The van der Waals surface area contributed by atoms with E-state index in [-0.39, 0.29) is 0 Å². The minimum absolute atomic E-state index is 0.392. The van der Waals surface area contributed by atoms with Crippen LogP contribution in [0.5, 0.6) is 5.75 Å². The summed E-state index contributed by atoms with van der Waals surface area (Å²) >= 11 is 0. The summed E-state index contributed by atoms with van der Waals surface area (Å²) in [5.74, 6) is 1.07. The van der Waals surface area contributed by atoms with Crippen molar-refractivity contribution in [3.05, 3.63) is 64.7 Å². The highest BCUT2D eigenvalue weighted by Crippen LogP contribution is 2.26. The molecule has 0 bridgehead atoms. The normalized spacial score (nSPS) is 14.6. The van der Waals surface area contributed by atoms with Crippen LogP contribution in [-0.2, 0) is 12.8 Å². The maximum atomic E-state index is 5.55. The second-order valence-corrected chi connectivity index (χ2v) is 5.88. The van der Waals surface area contributed by atoms with Crippen LogP contribution in [0.2, 0.25) is 0 Å². The first kappa shape index (κ1) is 14.2. The lowest BCUT2D eigenvalue weighted by molar-refractivity contribution is 0.357. The topological polar surface area (TPSA) is 21.3 Å². The van der Waals surface area contributed by atoms with Crippen LogP contribution < -0.4 is 10.1 Å². The van der Waals surface area contributed by atoms with Crippen LogP contribution >= 0.6 is 0 Å². The van der Waals surface area contributed by atoms with Crippen molar-refractivity contribution < 1.29 is 4.74 Å². The second kappa shape index (κ2) is 6.31. The van der Waals surface area contributed by atoms with Gasteiger partial charge in [0.2, 0.25) is 0 Å². The highest BCUT2D eigenvalue weighted by molar-refractivity contribution is 5.39. The van der Waals surface area contributed by atoms with E-state index in [2.05, 4.69) is 61.6 Å². The molecule has 2 nitrogen and oxygen atoms in total. The molecule has 0 spiro atoms. The van der Waals surface area contributed by atoms with Gasteiger partial charge >= 0.3 is 0 Å². The van der Waals surface area contributed by atoms with E-state index >= 15 is 0 Å². The van der Waals surface area contributed by atoms with Gasteiger partial charge in [0.15, 0.2) is 0 Å². The van der Waals surface area contributed by atoms with Crippen molar-refractivity contribution in [1.82, 2.24) is 5.32 Å². The Morgan fingerprint density at radius 2 is 1.95 bits per heavy atom. The van der Waals surface area contributed by atoms with Gasteiger partial charge in [-0.25, -0.2) is 0 Å². The molecule has 0 aromatic heterocycles. The largest absolute Gasteiger partial charge is 0.493 e. The molecule has 1 N–H and O–H groups in total. The Labute approximate surface area is 127 Å². The standard InChI is InChI=1S/C19H23NO/c1-14-3-6-17(7-4-14)15(2)20-11-9-16-5-8-19-18(13-16)10-12-21-19/h3-8,13,15,20H,9-12H2,1-2H3/t15-/m1/s1. The third kappa shape index (κ3) is 3.45. The predicted molar refractivity (Wildman–Crippen MR) is 86.9 cm³/mol. The summed E-state index contributed by atoms with van der Waals surface area (Å²) in [5.41, 5.74) is 5.41. The fourth-order valence-electron chi connectivity index (χ4n) is 2.80. The Bertz CT molecular complexity index is 603. The number of rotatable bonds is 5. The quantitative estimate of drug-likeness (QED) is 0.899. The highest BCUT2D eigenvalue weighted by Gasteiger charge is 2.12. The molecule has 0 radical (unpaired) electrons. The molecule has 2 aromatic rings. The zero-order valence-electron chi connectivity index (χ0n) is 12.9. The molecular weight excluding hydrogens is 258 g/mol. The Morgan fingerprint density at radius 3 is 2.76 bits per heavy atom. The molecular formula is C19H23NO. The van der Waals surface area contributed by atoms with Gasteiger partial charge in [0, 0.05) is 12.5 Å². The number of nitrogens with one attached hydrogen (secondary N) is 1. The maximum Gasteiger partial charge on any atom is 0.122 e. The molecule has 3 rings (SSSR count). The number of aryl methyl sites for hydroxylation is 1. The summed E-state index contributed by atoms with van der Waals surface area (Å²) in [4.78, 5) is 0. The summed E-state index contributed by atoms with van der Waals surface area (Å²) in [6, 6.07) is 15.7. The summed E-state index contributed by atoms with van der Waals surface area (Å²) in [6.07, 6.45) is 2.11. The molecule has 1 heterocycles. The summed E-state index contributed by atoms with van der Waals surface area (Å²) in [7, 11) is 0. The van der Waals surface area contributed by atoms with Gasteiger partial charge in [-0.05, 0) is 49.6 Å². The fraction of sp³-hybridized carbons (Fsp3) is 0.368. The van der Waals surface area contributed by atoms with Gasteiger partial charge < -0.3 is 10.1 Å². The van der Waals surface area contributed by atoms with Crippen molar-refractivity contribution in [2.75, 3.05) is 13.2 Å². The van der Waals surface area contributed by atoms with Crippen LogP contribution in [0.3, 0.4) is 0 Å². The lowest BCUT2D eigenvalue weighted by Gasteiger charge is -2.14. The van der Waals surface area contributed by atoms with E-state index in [9.17, 15) is 0 Å². The molecule has 0 saturated carbocycles. The number of hydrogen-bond donors (Lipinski definition) is 1. The summed E-state index contributed by atoms with van der Waals surface area (Å²) in [5, 5.41) is 3.60. The van der Waals surface area contributed by atoms with Gasteiger partial charge in [0.05, 0.1) is 6.61 Å². The molecule has 0 saturated heterocycles. The molecule has 1 aliphatic rings. The molecule has 0 amide bonds. The molecule has 2 heteroatoms. The summed E-state index contributed by atoms with van der Waals surface area (Å²) < 4.78 is 5.55. The molecule has 1 atom stereocenters. The Balaban J connectivity index is 1.52. The van der Waals surface area contributed by atoms with Crippen LogP contribution in [0.15, 0.2) is 42.5 Å². The van der Waals surface area contributed by atoms with Gasteiger partial charge in [0.25, 0.3) is 0 Å². The van der Waals surface area contributed by atoms with E-state index in [1.807, 2.05) is 0 Å². The molecule has 110 valence electrons. The van der Waals surface area contributed by atoms with Crippen LogP contribution in [-0.4, -0.2) is 13.2 Å². The third-order valence-corrected chi connectivity index (χ3v) is 4.20. The van der Waals surface area contributed by atoms with Crippen molar-refractivity contribution in [2.24, 2.45) is 0 Å². The molecule has 0 aliphatic carbocycles. The SMILES string of the molecule is Cc1ccc([C@@H](C)NCCc2ccc3c(c2)CCO3)cc1. The lowest BCUT2D eigenvalue weighted by Crippen LogP contribution is -2.21. The maximum absolute atomic E-state index is 5.55. The Kier molecular flexibility index (Phi) is 4.26. The zero-order valence-corrected chi connectivity index (χ0v) is 12.9. The highest BCUT2D eigenvalue weighted by atomic mass is 16.5. The van der Waals surface area contributed by atoms with Crippen LogP contribution in [0.1, 0.15) is 35.2 Å². The van der Waals surface area contributed by atoms with E-state index in [0.29, 0.717) is 6.04 Å². The minimum atomic E-state index is 0.392. The van der Waals surface area contributed by atoms with Crippen LogP contribution in [0.25, 0.3) is 0 Å². The first-order chi connectivity index (χ1) is 10.2. The smallest absolute Gasteiger partial charge is 0.122 e. The number of fused-ring (bicyclic) bond motifs is 1. The monoisotopic (exact) mass is 281 g/mol. The van der Waals surface area contributed by atoms with E-state index < -0.39 is 0 Å². The first-order valence-corrected chi connectivity index (χ1v) is 7.77. The van der Waals surface area contributed by atoms with E-state index in [0.717, 1.165) is 31.7 Å². The fourth-order valence-corrected chi connectivity index (χ4v) is 2.80. The van der Waals surface area contributed by atoms with E-state index in [4.69, 9.17) is 4.74 Å². The van der Waals surface area contributed by atoms with Crippen molar-refractivity contribution >= 4 is 0 Å². The van der Waals surface area contributed by atoms with Crippen molar-refractivity contribution in [1.29, 1.82) is 0 Å². The number of benzene rings is 2. The van der Waals surface area contributed by atoms with E-state index in [1.165, 1.54) is 22.3 Å². The minimum Gasteiger partial charge on any atom is -0.493 e. The van der Waals surface area contributed by atoms with Gasteiger partial charge in [-0.15, -0.1) is 0 Å². The first-order valence-electron chi connectivity index (χ1n) is 7.77. The van der Waals surface area contributed by atoms with Gasteiger partial charge in [-0.2, -0.15) is 0 Å². The van der Waals surface area contributed by atoms with Gasteiger partial charge in [-0.1, -0.05) is 42.0 Å². The molecule has 0 fully saturated rings. The zero-order chi connectivity index (χ0) is 14.7. The lowest BCUT2D eigenvalue weighted by atomic mass is 10.0. The Hall–Kier alpha value is -1.80. The third-order valence-electron chi connectivity index (χ3n) is 4.20. The van der Waals surface area contributed by atoms with Crippen LogP contribution in [0.4, 0.5) is 0 Å². The van der Waals surface area contributed by atoms with Gasteiger partial charge in [-0.3, -0.25) is 0 Å².